The van der Waals surface area contributed by atoms with Gasteiger partial charge in [-0.2, -0.15) is 5.26 Å². The van der Waals surface area contributed by atoms with Crippen LogP contribution in [0, 0.1) is 11.3 Å². The maximum atomic E-state index is 9.17. The highest BCUT2D eigenvalue weighted by Crippen LogP contribution is 2.34. The molecular weight excluding hydrogens is 388 g/mol. The number of fused-ring (bicyclic) bond motifs is 1. The van der Waals surface area contributed by atoms with Crippen LogP contribution in [-0.2, 0) is 7.05 Å². The second-order valence-corrected chi connectivity index (χ2v) is 7.89. The third-order valence-electron chi connectivity index (χ3n) is 5.85. The van der Waals surface area contributed by atoms with Crippen molar-refractivity contribution < 1.29 is 0 Å². The van der Waals surface area contributed by atoms with Crippen molar-refractivity contribution in [1.82, 2.24) is 25.2 Å². The number of aryl methyl sites for hydroxylation is 1. The molecule has 2 N–H and O–H groups in total. The Kier molecular flexibility index (Phi) is 4.81. The number of nitrogens with zero attached hydrogens (tertiary/aromatic N) is 7. The fraction of sp³-hybridized carbons (Fsp3) is 0.261. The van der Waals surface area contributed by atoms with Gasteiger partial charge in [0.25, 0.3) is 0 Å². The minimum atomic E-state index is 0.250. The highest BCUT2D eigenvalue weighted by molar-refractivity contribution is 5.87. The van der Waals surface area contributed by atoms with Gasteiger partial charge in [0, 0.05) is 37.3 Å². The van der Waals surface area contributed by atoms with E-state index in [-0.39, 0.29) is 6.04 Å². The number of piperidine rings is 1. The molecule has 1 saturated heterocycles. The molecule has 31 heavy (non-hydrogen) atoms. The number of benzene rings is 2. The molecule has 1 aliphatic heterocycles. The first-order chi connectivity index (χ1) is 15.1. The number of nitrogens with two attached hydrogens (primary N) is 1. The summed E-state index contributed by atoms with van der Waals surface area (Å²) in [7, 11) is 1.87. The minimum Gasteiger partial charge on any atom is -0.355 e. The van der Waals surface area contributed by atoms with Crippen LogP contribution in [0.3, 0.4) is 0 Å². The standard InChI is InChI=1S/C23H22N8/c1-30-21-7-6-17(12-20(21)26-29-30)23-19(16-4-2-15(14-24)3-5-16)13-22(27-28-23)31-10-8-18(25)9-11-31/h2-7,12-13,18H,8-11,25H2,1H3. The number of rotatable bonds is 3. The van der Waals surface area contributed by atoms with E-state index >= 15 is 0 Å². The molecule has 0 bridgehead atoms. The molecule has 0 aliphatic carbocycles. The lowest BCUT2D eigenvalue weighted by Gasteiger charge is -2.31. The summed E-state index contributed by atoms with van der Waals surface area (Å²) in [5, 5.41) is 26.7. The van der Waals surface area contributed by atoms with E-state index in [4.69, 9.17) is 11.0 Å². The lowest BCUT2D eigenvalue weighted by Crippen LogP contribution is -2.40. The van der Waals surface area contributed by atoms with Crippen LogP contribution >= 0.6 is 0 Å². The Hall–Kier alpha value is -3.83. The Morgan fingerprint density at radius 3 is 2.45 bits per heavy atom. The van der Waals surface area contributed by atoms with Crippen molar-refractivity contribution in [2.45, 2.75) is 18.9 Å². The molecule has 0 radical (unpaired) electrons. The normalized spacial score (nSPS) is 14.7. The molecule has 0 amide bonds. The zero-order valence-corrected chi connectivity index (χ0v) is 17.2. The summed E-state index contributed by atoms with van der Waals surface area (Å²) in [4.78, 5) is 2.24. The number of aromatic nitrogens is 5. The number of nitriles is 1. The summed E-state index contributed by atoms with van der Waals surface area (Å²) in [5.74, 6) is 0.843. The SMILES string of the molecule is Cn1nnc2cc(-c3nnc(N4CCC(N)CC4)cc3-c3ccc(C#N)cc3)ccc21. The van der Waals surface area contributed by atoms with Gasteiger partial charge in [-0.15, -0.1) is 15.3 Å². The van der Waals surface area contributed by atoms with Crippen molar-refractivity contribution in [3.05, 3.63) is 54.1 Å². The van der Waals surface area contributed by atoms with Crippen LogP contribution in [0.25, 0.3) is 33.4 Å². The predicted molar refractivity (Wildman–Crippen MR) is 119 cm³/mol. The van der Waals surface area contributed by atoms with E-state index in [2.05, 4.69) is 37.5 Å². The molecule has 0 spiro atoms. The first-order valence-electron chi connectivity index (χ1n) is 10.3. The Bertz CT molecular complexity index is 1280. The van der Waals surface area contributed by atoms with Gasteiger partial charge in [0.2, 0.25) is 0 Å². The molecule has 1 aliphatic rings. The van der Waals surface area contributed by atoms with Gasteiger partial charge in [0.15, 0.2) is 5.82 Å². The Labute approximate surface area is 179 Å². The quantitative estimate of drug-likeness (QED) is 0.553. The summed E-state index contributed by atoms with van der Waals surface area (Å²) in [6.45, 7) is 1.74. The van der Waals surface area contributed by atoms with Crippen LogP contribution in [0.2, 0.25) is 0 Å². The highest BCUT2D eigenvalue weighted by atomic mass is 15.4. The van der Waals surface area contributed by atoms with E-state index in [9.17, 15) is 0 Å². The average Bonchev–Trinajstić information content (AvgIpc) is 3.19. The summed E-state index contributed by atoms with van der Waals surface area (Å²) in [6, 6.07) is 18.1. The molecule has 0 saturated carbocycles. The molecule has 5 rings (SSSR count). The Morgan fingerprint density at radius 1 is 0.968 bits per heavy atom. The van der Waals surface area contributed by atoms with Gasteiger partial charge < -0.3 is 10.6 Å². The molecule has 2 aromatic carbocycles. The smallest absolute Gasteiger partial charge is 0.151 e. The second kappa shape index (κ2) is 7.78. The van der Waals surface area contributed by atoms with Crippen LogP contribution in [0.1, 0.15) is 18.4 Å². The maximum absolute atomic E-state index is 9.17. The lowest BCUT2D eigenvalue weighted by molar-refractivity contribution is 0.497. The summed E-state index contributed by atoms with van der Waals surface area (Å²) in [5.41, 5.74) is 12.1. The molecule has 1 fully saturated rings. The molecule has 8 nitrogen and oxygen atoms in total. The van der Waals surface area contributed by atoms with Crippen molar-refractivity contribution >= 4 is 16.9 Å². The van der Waals surface area contributed by atoms with Crippen LogP contribution in [-0.4, -0.2) is 44.3 Å². The van der Waals surface area contributed by atoms with Crippen LogP contribution in [0.4, 0.5) is 5.82 Å². The average molecular weight is 410 g/mol. The van der Waals surface area contributed by atoms with Crippen LogP contribution in [0.15, 0.2) is 48.5 Å². The molecule has 0 unspecified atom stereocenters. The van der Waals surface area contributed by atoms with Gasteiger partial charge in [0.1, 0.15) is 11.2 Å². The third kappa shape index (κ3) is 3.60. The first kappa shape index (κ1) is 19.2. The topological polar surface area (TPSA) is 110 Å². The third-order valence-corrected chi connectivity index (χ3v) is 5.85. The van der Waals surface area contributed by atoms with Crippen molar-refractivity contribution in [2.24, 2.45) is 12.8 Å². The van der Waals surface area contributed by atoms with Crippen molar-refractivity contribution in [1.29, 1.82) is 5.26 Å². The summed E-state index contributed by atoms with van der Waals surface area (Å²) in [6.07, 6.45) is 1.89. The van der Waals surface area contributed by atoms with Crippen LogP contribution in [0.5, 0.6) is 0 Å². The molecule has 2 aromatic heterocycles. The van der Waals surface area contributed by atoms with Gasteiger partial charge in [-0.25, -0.2) is 4.68 Å². The largest absolute Gasteiger partial charge is 0.355 e. The Balaban J connectivity index is 1.62. The molecule has 154 valence electrons. The molecule has 4 aromatic rings. The van der Waals surface area contributed by atoms with Gasteiger partial charge in [-0.05, 0) is 48.7 Å². The predicted octanol–water partition coefficient (Wildman–Crippen LogP) is 2.89. The maximum Gasteiger partial charge on any atom is 0.151 e. The van der Waals surface area contributed by atoms with E-state index in [0.717, 1.165) is 65.2 Å². The van der Waals surface area contributed by atoms with Crippen molar-refractivity contribution in [2.75, 3.05) is 18.0 Å². The number of hydrogen-bond donors (Lipinski definition) is 1. The van der Waals surface area contributed by atoms with Gasteiger partial charge in [-0.1, -0.05) is 23.4 Å². The van der Waals surface area contributed by atoms with Crippen LogP contribution < -0.4 is 10.6 Å². The Morgan fingerprint density at radius 2 is 1.71 bits per heavy atom. The summed E-state index contributed by atoms with van der Waals surface area (Å²) >= 11 is 0. The van der Waals surface area contributed by atoms with E-state index < -0.39 is 0 Å². The van der Waals surface area contributed by atoms with Gasteiger partial charge >= 0.3 is 0 Å². The molecule has 3 heterocycles. The first-order valence-corrected chi connectivity index (χ1v) is 10.3. The lowest BCUT2D eigenvalue weighted by atomic mass is 9.98. The van der Waals surface area contributed by atoms with E-state index in [1.807, 2.05) is 49.5 Å². The monoisotopic (exact) mass is 410 g/mol. The molecule has 0 atom stereocenters. The van der Waals surface area contributed by atoms with Crippen molar-refractivity contribution in [3.8, 4) is 28.5 Å². The highest BCUT2D eigenvalue weighted by Gasteiger charge is 2.20. The van der Waals surface area contributed by atoms with E-state index in [0.29, 0.717) is 5.56 Å². The molecule has 8 heteroatoms. The molecular formula is C23H22N8. The fourth-order valence-corrected chi connectivity index (χ4v) is 4.01. The van der Waals surface area contributed by atoms with Gasteiger partial charge in [0.05, 0.1) is 17.1 Å². The minimum absolute atomic E-state index is 0.250. The number of hydrogen-bond acceptors (Lipinski definition) is 7. The van der Waals surface area contributed by atoms with E-state index in [1.165, 1.54) is 0 Å². The zero-order valence-electron chi connectivity index (χ0n) is 17.2. The van der Waals surface area contributed by atoms with E-state index in [1.54, 1.807) is 4.68 Å². The van der Waals surface area contributed by atoms with Gasteiger partial charge in [-0.3, -0.25) is 0 Å². The van der Waals surface area contributed by atoms with Crippen molar-refractivity contribution in [3.63, 3.8) is 0 Å². The second-order valence-electron chi connectivity index (χ2n) is 7.89. The summed E-state index contributed by atoms with van der Waals surface area (Å²) < 4.78 is 1.75. The number of anilines is 1. The zero-order chi connectivity index (χ0) is 21.4. The fourth-order valence-electron chi connectivity index (χ4n) is 4.01.